The van der Waals surface area contributed by atoms with Crippen LogP contribution in [0, 0.1) is 0 Å². The van der Waals surface area contributed by atoms with Crippen LogP contribution in [0.3, 0.4) is 0 Å². The van der Waals surface area contributed by atoms with Gasteiger partial charge >= 0.3 is 0 Å². The molecule has 0 amide bonds. The van der Waals surface area contributed by atoms with Gasteiger partial charge in [-0.3, -0.25) is 0 Å². The summed E-state index contributed by atoms with van der Waals surface area (Å²) < 4.78 is 28.8. The number of nitrogen functional groups attached to an aromatic ring is 1. The number of benzene rings is 1. The Kier molecular flexibility index (Phi) is 2.82. The van der Waals surface area contributed by atoms with Gasteiger partial charge in [-0.1, -0.05) is 6.07 Å². The van der Waals surface area contributed by atoms with Crippen LogP contribution in [-0.4, -0.2) is 18.7 Å². The summed E-state index contributed by atoms with van der Waals surface area (Å²) in [6.07, 6.45) is 0. The minimum Gasteiger partial charge on any atom is -0.439 e. The molecule has 1 heterocycles. The Morgan fingerprint density at radius 3 is 2.71 bits per heavy atom. The van der Waals surface area contributed by atoms with Crippen LogP contribution in [-0.2, 0) is 15.6 Å². The summed E-state index contributed by atoms with van der Waals surface area (Å²) in [5.41, 5.74) is 7.23. The van der Waals surface area contributed by atoms with Gasteiger partial charge in [0.2, 0.25) is 5.89 Å². The average molecular weight is 254 g/mol. The number of anilines is 1. The first-order valence-corrected chi connectivity index (χ1v) is 6.97. The number of nitrogens with zero attached hydrogens (tertiary/aromatic N) is 1. The highest BCUT2D eigenvalue weighted by molar-refractivity contribution is 7.91. The molecule has 0 aliphatic rings. The van der Waals surface area contributed by atoms with Gasteiger partial charge < -0.3 is 10.2 Å². The van der Waals surface area contributed by atoms with Gasteiger partial charge in [0.15, 0.2) is 15.4 Å². The summed E-state index contributed by atoms with van der Waals surface area (Å²) in [6.45, 7) is 3.26. The Balaban J connectivity index is 2.42. The van der Waals surface area contributed by atoms with E-state index in [1.165, 1.54) is 0 Å². The molecule has 0 radical (unpaired) electrons. The fourth-order valence-corrected chi connectivity index (χ4v) is 2.22. The SMILES string of the molecule is CC(C)S(=O)(=O)Cc1nc2c(N)cccc2o1. The van der Waals surface area contributed by atoms with E-state index in [4.69, 9.17) is 10.2 Å². The van der Waals surface area contributed by atoms with Crippen molar-refractivity contribution in [3.63, 3.8) is 0 Å². The van der Waals surface area contributed by atoms with Crippen molar-refractivity contribution >= 4 is 26.6 Å². The minimum absolute atomic E-state index is 0.187. The topological polar surface area (TPSA) is 86.2 Å². The lowest BCUT2D eigenvalue weighted by molar-refractivity contribution is 0.537. The molecule has 0 atom stereocenters. The summed E-state index contributed by atoms with van der Waals surface area (Å²) >= 11 is 0. The predicted octanol–water partition coefficient (Wildman–Crippen LogP) is 1.73. The molecule has 2 N–H and O–H groups in total. The van der Waals surface area contributed by atoms with Gasteiger partial charge in [0.25, 0.3) is 0 Å². The van der Waals surface area contributed by atoms with Crippen molar-refractivity contribution in [2.75, 3.05) is 5.73 Å². The Labute approximate surface area is 99.6 Å². The standard InChI is InChI=1S/C11H14N2O3S/c1-7(2)17(14,15)6-10-13-11-8(12)4-3-5-9(11)16-10/h3-5,7H,6,12H2,1-2H3. The number of hydrogen-bond acceptors (Lipinski definition) is 5. The molecule has 2 rings (SSSR count). The van der Waals surface area contributed by atoms with E-state index in [-0.39, 0.29) is 11.6 Å². The molecule has 0 bridgehead atoms. The smallest absolute Gasteiger partial charge is 0.210 e. The first kappa shape index (κ1) is 11.9. The van der Waals surface area contributed by atoms with Crippen LogP contribution in [0.5, 0.6) is 0 Å². The molecule has 5 nitrogen and oxygen atoms in total. The summed E-state index contributed by atoms with van der Waals surface area (Å²) in [4.78, 5) is 4.11. The van der Waals surface area contributed by atoms with Crippen LogP contribution >= 0.6 is 0 Å². The van der Waals surface area contributed by atoms with Crippen LogP contribution in [0.2, 0.25) is 0 Å². The van der Waals surface area contributed by atoms with Crippen molar-refractivity contribution in [2.45, 2.75) is 24.9 Å². The summed E-state index contributed by atoms with van der Waals surface area (Å²) in [5, 5.41) is -0.449. The number of hydrogen-bond donors (Lipinski definition) is 1. The van der Waals surface area contributed by atoms with E-state index in [0.717, 1.165) is 0 Å². The van der Waals surface area contributed by atoms with Gasteiger partial charge in [-0.15, -0.1) is 0 Å². The zero-order chi connectivity index (χ0) is 12.6. The molecule has 1 aromatic carbocycles. The molecule has 0 fully saturated rings. The van der Waals surface area contributed by atoms with E-state index in [9.17, 15) is 8.42 Å². The molecule has 2 aromatic rings. The summed E-state index contributed by atoms with van der Waals surface area (Å²) in [5.74, 6) is -0.00898. The van der Waals surface area contributed by atoms with Gasteiger partial charge in [-0.25, -0.2) is 13.4 Å². The van der Waals surface area contributed by atoms with Crippen LogP contribution in [0.1, 0.15) is 19.7 Å². The number of rotatable bonds is 3. The number of fused-ring (bicyclic) bond motifs is 1. The van der Waals surface area contributed by atoms with E-state index >= 15 is 0 Å². The molecule has 0 saturated heterocycles. The molecule has 17 heavy (non-hydrogen) atoms. The summed E-state index contributed by atoms with van der Waals surface area (Å²) in [6, 6.07) is 5.15. The Morgan fingerprint density at radius 1 is 1.41 bits per heavy atom. The van der Waals surface area contributed by atoms with Crippen molar-refractivity contribution in [1.29, 1.82) is 0 Å². The van der Waals surface area contributed by atoms with Gasteiger partial charge in [-0.2, -0.15) is 0 Å². The normalized spacial score (nSPS) is 12.4. The average Bonchev–Trinajstić information content (AvgIpc) is 2.60. The van der Waals surface area contributed by atoms with Gasteiger partial charge in [0.1, 0.15) is 11.3 Å². The van der Waals surface area contributed by atoms with E-state index in [0.29, 0.717) is 16.8 Å². The second-order valence-corrected chi connectivity index (χ2v) is 6.71. The van der Waals surface area contributed by atoms with E-state index in [1.807, 2.05) is 0 Å². The Morgan fingerprint density at radius 2 is 2.12 bits per heavy atom. The highest BCUT2D eigenvalue weighted by Gasteiger charge is 2.20. The first-order valence-electron chi connectivity index (χ1n) is 5.25. The van der Waals surface area contributed by atoms with Crippen molar-refractivity contribution in [1.82, 2.24) is 4.98 Å². The molecule has 0 aliphatic heterocycles. The van der Waals surface area contributed by atoms with Crippen molar-refractivity contribution in [3.8, 4) is 0 Å². The van der Waals surface area contributed by atoms with Gasteiger partial charge in [-0.05, 0) is 26.0 Å². The maximum absolute atomic E-state index is 11.7. The number of aromatic nitrogens is 1. The van der Waals surface area contributed by atoms with Crippen LogP contribution in [0.25, 0.3) is 11.1 Å². The fraction of sp³-hybridized carbons (Fsp3) is 0.364. The number of sulfone groups is 1. The monoisotopic (exact) mass is 254 g/mol. The quantitative estimate of drug-likeness (QED) is 0.843. The molecular weight excluding hydrogens is 240 g/mol. The zero-order valence-corrected chi connectivity index (χ0v) is 10.5. The Bertz CT molecular complexity index is 644. The highest BCUT2D eigenvalue weighted by Crippen LogP contribution is 2.22. The van der Waals surface area contributed by atoms with E-state index < -0.39 is 15.1 Å². The van der Waals surface area contributed by atoms with Gasteiger partial charge in [0.05, 0.1) is 10.9 Å². The lowest BCUT2D eigenvalue weighted by Gasteiger charge is -2.03. The molecular formula is C11H14N2O3S. The predicted molar refractivity (Wildman–Crippen MR) is 66.2 cm³/mol. The second-order valence-electron chi connectivity index (χ2n) is 4.16. The van der Waals surface area contributed by atoms with Gasteiger partial charge in [0, 0.05) is 0 Å². The van der Waals surface area contributed by atoms with Crippen LogP contribution < -0.4 is 5.73 Å². The largest absolute Gasteiger partial charge is 0.439 e. The highest BCUT2D eigenvalue weighted by atomic mass is 32.2. The maximum atomic E-state index is 11.7. The number of nitrogens with two attached hydrogens (primary N) is 1. The van der Waals surface area contributed by atoms with Crippen molar-refractivity contribution in [2.24, 2.45) is 0 Å². The summed E-state index contributed by atoms with van der Waals surface area (Å²) in [7, 11) is -3.21. The third-order valence-corrected chi connectivity index (χ3v) is 4.62. The molecule has 6 heteroatoms. The van der Waals surface area contributed by atoms with Crippen molar-refractivity contribution in [3.05, 3.63) is 24.1 Å². The molecule has 0 saturated carbocycles. The lowest BCUT2D eigenvalue weighted by Crippen LogP contribution is -2.16. The maximum Gasteiger partial charge on any atom is 0.210 e. The van der Waals surface area contributed by atoms with E-state index in [1.54, 1.807) is 32.0 Å². The molecule has 0 unspecified atom stereocenters. The molecule has 92 valence electrons. The third kappa shape index (κ3) is 2.26. The zero-order valence-electron chi connectivity index (χ0n) is 9.67. The second kappa shape index (κ2) is 4.03. The minimum atomic E-state index is -3.21. The first-order chi connectivity index (χ1) is 7.90. The Hall–Kier alpha value is -1.56. The van der Waals surface area contributed by atoms with Crippen molar-refractivity contribution < 1.29 is 12.8 Å². The molecule has 0 spiro atoms. The number of para-hydroxylation sites is 1. The van der Waals surface area contributed by atoms with Crippen LogP contribution in [0.15, 0.2) is 22.6 Å². The molecule has 1 aromatic heterocycles. The third-order valence-electron chi connectivity index (χ3n) is 2.54. The number of oxazole rings is 1. The van der Waals surface area contributed by atoms with E-state index in [2.05, 4.69) is 4.98 Å². The lowest BCUT2D eigenvalue weighted by atomic mass is 10.3. The fourth-order valence-electron chi connectivity index (χ4n) is 1.42. The van der Waals surface area contributed by atoms with Crippen LogP contribution in [0.4, 0.5) is 5.69 Å². The molecule has 0 aliphatic carbocycles.